The summed E-state index contributed by atoms with van der Waals surface area (Å²) < 4.78 is 16.0. The van der Waals surface area contributed by atoms with Crippen molar-refractivity contribution in [3.63, 3.8) is 0 Å². The summed E-state index contributed by atoms with van der Waals surface area (Å²) in [6.45, 7) is 6.60. The van der Waals surface area contributed by atoms with E-state index in [1.165, 1.54) is 36.8 Å². The Hall–Kier alpha value is -1.31. The maximum absolute atomic E-state index is 13.6. The van der Waals surface area contributed by atoms with Gasteiger partial charge in [-0.15, -0.1) is 0 Å². The number of hydrogen-bond acceptors (Lipinski definition) is 0. The fourth-order valence-corrected chi connectivity index (χ4v) is 3.31. The Morgan fingerprint density at radius 3 is 2.47 bits per heavy atom. The number of rotatable bonds is 1. The summed E-state index contributed by atoms with van der Waals surface area (Å²) in [5.74, 6) is -0.137. The van der Waals surface area contributed by atoms with Crippen LogP contribution in [0.5, 0.6) is 0 Å². The molecule has 0 saturated heterocycles. The van der Waals surface area contributed by atoms with E-state index < -0.39 is 0 Å². The van der Waals surface area contributed by atoms with Crippen LogP contribution in [0.25, 0.3) is 10.9 Å². The molecule has 0 aliphatic heterocycles. The lowest BCUT2D eigenvalue weighted by molar-refractivity contribution is 0.526. The molecule has 0 spiro atoms. The summed E-state index contributed by atoms with van der Waals surface area (Å²) in [6, 6.07) is 5.82. The standard InChI is InChI=1S/C17H22FN/c1-17(2,3)15-11-19(13-6-4-5-7-13)16-9-8-12(18)10-14(15)16/h8-11,13H,4-7H2,1-3H3. The van der Waals surface area contributed by atoms with Gasteiger partial charge in [-0.05, 0) is 42.0 Å². The van der Waals surface area contributed by atoms with E-state index in [2.05, 4.69) is 31.5 Å². The van der Waals surface area contributed by atoms with E-state index in [-0.39, 0.29) is 11.2 Å². The fourth-order valence-electron chi connectivity index (χ4n) is 3.31. The third-order valence-electron chi connectivity index (χ3n) is 4.32. The van der Waals surface area contributed by atoms with Crippen molar-refractivity contribution in [2.24, 2.45) is 0 Å². The van der Waals surface area contributed by atoms with E-state index in [0.717, 1.165) is 5.39 Å². The highest BCUT2D eigenvalue weighted by Gasteiger charge is 2.24. The zero-order chi connectivity index (χ0) is 13.6. The molecule has 1 fully saturated rings. The van der Waals surface area contributed by atoms with Crippen molar-refractivity contribution in [3.05, 3.63) is 35.8 Å². The van der Waals surface area contributed by atoms with Gasteiger partial charge >= 0.3 is 0 Å². The van der Waals surface area contributed by atoms with E-state index in [0.29, 0.717) is 6.04 Å². The molecule has 1 aromatic heterocycles. The molecule has 1 heterocycles. The highest BCUT2D eigenvalue weighted by molar-refractivity contribution is 5.85. The Bertz CT molecular complexity index is 597. The van der Waals surface area contributed by atoms with Gasteiger partial charge in [0.15, 0.2) is 0 Å². The average Bonchev–Trinajstić information content (AvgIpc) is 2.92. The Morgan fingerprint density at radius 2 is 1.84 bits per heavy atom. The maximum Gasteiger partial charge on any atom is 0.123 e. The van der Waals surface area contributed by atoms with Gasteiger partial charge in [0.05, 0.1) is 0 Å². The lowest BCUT2D eigenvalue weighted by Crippen LogP contribution is -2.10. The van der Waals surface area contributed by atoms with E-state index >= 15 is 0 Å². The average molecular weight is 259 g/mol. The van der Waals surface area contributed by atoms with Gasteiger partial charge in [0.1, 0.15) is 5.82 Å². The molecule has 0 bridgehead atoms. The molecule has 1 aromatic carbocycles. The smallest absolute Gasteiger partial charge is 0.123 e. The van der Waals surface area contributed by atoms with E-state index in [1.54, 1.807) is 12.1 Å². The van der Waals surface area contributed by atoms with E-state index in [9.17, 15) is 4.39 Å². The number of halogens is 1. The van der Waals surface area contributed by atoms with Gasteiger partial charge in [-0.1, -0.05) is 33.6 Å². The minimum absolute atomic E-state index is 0.0515. The van der Waals surface area contributed by atoms with Crippen LogP contribution in [-0.2, 0) is 5.41 Å². The molecule has 2 heteroatoms. The van der Waals surface area contributed by atoms with Crippen LogP contribution >= 0.6 is 0 Å². The van der Waals surface area contributed by atoms with Crippen LogP contribution in [0.15, 0.2) is 24.4 Å². The number of nitrogens with zero attached hydrogens (tertiary/aromatic N) is 1. The summed E-state index contributed by atoms with van der Waals surface area (Å²) in [5, 5.41) is 1.08. The molecular weight excluding hydrogens is 237 g/mol. The number of fused-ring (bicyclic) bond motifs is 1. The predicted molar refractivity (Wildman–Crippen MR) is 78.1 cm³/mol. The van der Waals surface area contributed by atoms with Crippen LogP contribution in [0.3, 0.4) is 0 Å². The van der Waals surface area contributed by atoms with Crippen LogP contribution in [0.1, 0.15) is 58.1 Å². The zero-order valence-corrected chi connectivity index (χ0v) is 12.0. The van der Waals surface area contributed by atoms with Crippen molar-refractivity contribution >= 4 is 10.9 Å². The van der Waals surface area contributed by atoms with E-state index in [4.69, 9.17) is 0 Å². The Morgan fingerprint density at radius 1 is 1.16 bits per heavy atom. The largest absolute Gasteiger partial charge is 0.344 e. The molecule has 0 unspecified atom stereocenters. The van der Waals surface area contributed by atoms with Gasteiger partial charge in [0, 0.05) is 23.1 Å². The van der Waals surface area contributed by atoms with Gasteiger partial charge in [0.25, 0.3) is 0 Å². The normalized spacial score (nSPS) is 17.5. The van der Waals surface area contributed by atoms with Crippen molar-refractivity contribution in [2.75, 3.05) is 0 Å². The molecular formula is C17H22FN. The highest BCUT2D eigenvalue weighted by atomic mass is 19.1. The van der Waals surface area contributed by atoms with Crippen molar-refractivity contribution in [3.8, 4) is 0 Å². The SMILES string of the molecule is CC(C)(C)c1cn(C2CCCC2)c2ccc(F)cc12. The second kappa shape index (κ2) is 4.36. The molecule has 102 valence electrons. The third kappa shape index (κ3) is 2.18. The molecule has 19 heavy (non-hydrogen) atoms. The van der Waals surface area contributed by atoms with E-state index in [1.807, 2.05) is 6.07 Å². The third-order valence-corrected chi connectivity index (χ3v) is 4.32. The van der Waals surface area contributed by atoms with Gasteiger partial charge in [0.2, 0.25) is 0 Å². The Labute approximate surface area is 114 Å². The number of aromatic nitrogens is 1. The summed E-state index contributed by atoms with van der Waals surface area (Å²) in [6.07, 6.45) is 7.41. The first-order chi connectivity index (χ1) is 8.97. The summed E-state index contributed by atoms with van der Waals surface area (Å²) in [5.41, 5.74) is 2.50. The first-order valence-electron chi connectivity index (χ1n) is 7.27. The molecule has 0 amide bonds. The molecule has 1 aliphatic carbocycles. The topological polar surface area (TPSA) is 4.93 Å². The summed E-state index contributed by atoms with van der Waals surface area (Å²) >= 11 is 0. The van der Waals surface area contributed by atoms with Crippen LogP contribution in [0.2, 0.25) is 0 Å². The zero-order valence-electron chi connectivity index (χ0n) is 12.0. The van der Waals surface area contributed by atoms with Crippen molar-refractivity contribution in [1.82, 2.24) is 4.57 Å². The van der Waals surface area contributed by atoms with Gasteiger partial charge in [-0.2, -0.15) is 0 Å². The quantitative estimate of drug-likeness (QED) is 0.664. The predicted octanol–water partition coefficient (Wildman–Crippen LogP) is 5.19. The Balaban J connectivity index is 2.23. The minimum atomic E-state index is -0.137. The monoisotopic (exact) mass is 259 g/mol. The molecule has 1 aliphatic rings. The van der Waals surface area contributed by atoms with Gasteiger partial charge in [-0.25, -0.2) is 4.39 Å². The highest BCUT2D eigenvalue weighted by Crippen LogP contribution is 2.38. The molecule has 3 rings (SSSR count). The van der Waals surface area contributed by atoms with Crippen molar-refractivity contribution in [1.29, 1.82) is 0 Å². The molecule has 2 aromatic rings. The van der Waals surface area contributed by atoms with Gasteiger partial charge < -0.3 is 4.57 Å². The van der Waals surface area contributed by atoms with Gasteiger partial charge in [-0.3, -0.25) is 0 Å². The van der Waals surface area contributed by atoms with Crippen LogP contribution in [-0.4, -0.2) is 4.57 Å². The molecule has 0 radical (unpaired) electrons. The maximum atomic E-state index is 13.6. The second-order valence-corrected chi connectivity index (χ2v) is 6.80. The lowest BCUT2D eigenvalue weighted by Gasteiger charge is -2.17. The fraction of sp³-hybridized carbons (Fsp3) is 0.529. The van der Waals surface area contributed by atoms with Crippen LogP contribution in [0.4, 0.5) is 4.39 Å². The molecule has 0 N–H and O–H groups in total. The first kappa shape index (κ1) is 12.7. The molecule has 0 atom stereocenters. The molecule has 1 nitrogen and oxygen atoms in total. The number of hydrogen-bond donors (Lipinski definition) is 0. The Kier molecular flexibility index (Phi) is 2.92. The van der Waals surface area contributed by atoms with Crippen molar-refractivity contribution < 1.29 is 4.39 Å². The van der Waals surface area contributed by atoms with Crippen LogP contribution < -0.4 is 0 Å². The first-order valence-corrected chi connectivity index (χ1v) is 7.27. The minimum Gasteiger partial charge on any atom is -0.344 e. The summed E-state index contributed by atoms with van der Waals surface area (Å²) in [7, 11) is 0. The van der Waals surface area contributed by atoms with Crippen LogP contribution in [0, 0.1) is 5.82 Å². The second-order valence-electron chi connectivity index (χ2n) is 6.80. The summed E-state index contributed by atoms with van der Waals surface area (Å²) in [4.78, 5) is 0. The van der Waals surface area contributed by atoms with Crippen molar-refractivity contribution in [2.45, 2.75) is 57.9 Å². The lowest BCUT2D eigenvalue weighted by atomic mass is 9.87. The number of benzene rings is 1. The molecule has 1 saturated carbocycles.